The molecule has 0 rings (SSSR count). The van der Waals surface area contributed by atoms with Gasteiger partial charge < -0.3 is 4.74 Å². The van der Waals surface area contributed by atoms with Crippen molar-refractivity contribution < 1.29 is 19.3 Å². The zero-order valence-corrected chi connectivity index (χ0v) is 30.5. The number of hydrogen-bond acceptors (Lipinski definition) is 4. The molecule has 0 radical (unpaired) electrons. The summed E-state index contributed by atoms with van der Waals surface area (Å²) in [5.41, 5.74) is -0.327. The number of methoxy groups -OCH3 is 1. The molecular formula is C41H74O4. The predicted molar refractivity (Wildman–Crippen MR) is 195 cm³/mol. The molecule has 0 fully saturated rings. The number of hydrogen-bond donors (Lipinski definition) is 0. The average molecular weight is 631 g/mol. The monoisotopic (exact) mass is 631 g/mol. The minimum atomic E-state index is -0.327. The molecule has 4 heteroatoms. The van der Waals surface area contributed by atoms with Gasteiger partial charge in [0, 0.05) is 6.42 Å². The summed E-state index contributed by atoms with van der Waals surface area (Å²) >= 11 is 0. The third-order valence-corrected chi connectivity index (χ3v) is 7.86. The molecule has 0 N–H and O–H groups in total. The lowest BCUT2D eigenvalue weighted by molar-refractivity contribution is -0.357. The quantitative estimate of drug-likeness (QED) is 0.0244. The van der Waals surface area contributed by atoms with Crippen LogP contribution in [0.1, 0.15) is 188 Å². The Kier molecular flexibility index (Phi) is 32.5. The van der Waals surface area contributed by atoms with Crippen molar-refractivity contribution in [3.63, 3.8) is 0 Å². The number of carbonyl (C=O) groups excluding carboxylic acids is 1. The van der Waals surface area contributed by atoms with E-state index in [1.54, 1.807) is 0 Å². The normalized spacial score (nSPS) is 13.3. The van der Waals surface area contributed by atoms with Crippen molar-refractivity contribution in [3.8, 4) is 0 Å². The molecule has 0 saturated carbocycles. The number of rotatable bonds is 32. The van der Waals surface area contributed by atoms with Gasteiger partial charge in [-0.25, -0.2) is 9.78 Å². The molecule has 0 aliphatic rings. The lowest BCUT2D eigenvalue weighted by atomic mass is 10.0. The second kappa shape index (κ2) is 33.7. The number of unbranched alkanes of at least 4 members (excludes halogenated alkanes) is 20. The molecule has 45 heavy (non-hydrogen) atoms. The van der Waals surface area contributed by atoms with Crippen LogP contribution in [0.3, 0.4) is 0 Å². The van der Waals surface area contributed by atoms with Gasteiger partial charge in [-0.2, -0.15) is 0 Å². The molecule has 0 aliphatic carbocycles. The van der Waals surface area contributed by atoms with E-state index in [1.165, 1.54) is 116 Å². The van der Waals surface area contributed by atoms with Crippen molar-refractivity contribution >= 4 is 5.97 Å². The third kappa shape index (κ3) is 36.7. The maximum Gasteiger partial charge on any atom is 0.305 e. The molecular weight excluding hydrogens is 556 g/mol. The summed E-state index contributed by atoms with van der Waals surface area (Å²) in [6.45, 7) is 8.29. The fraction of sp³-hybridized carbons (Fsp3) is 0.780. The van der Waals surface area contributed by atoms with Crippen molar-refractivity contribution in [1.82, 2.24) is 0 Å². The minimum absolute atomic E-state index is 0.104. The molecule has 1 unspecified atom stereocenters. The van der Waals surface area contributed by atoms with Gasteiger partial charge in [0.1, 0.15) is 6.10 Å². The molecule has 0 saturated heterocycles. The van der Waals surface area contributed by atoms with E-state index in [-0.39, 0.29) is 17.7 Å². The third-order valence-electron chi connectivity index (χ3n) is 7.86. The Hall–Kier alpha value is -1.65. The highest BCUT2D eigenvalue weighted by atomic mass is 17.2. The van der Waals surface area contributed by atoms with Crippen molar-refractivity contribution in [2.45, 2.75) is 200 Å². The van der Waals surface area contributed by atoms with Gasteiger partial charge in [-0.1, -0.05) is 145 Å². The van der Waals surface area contributed by atoms with E-state index in [9.17, 15) is 4.79 Å². The highest BCUT2D eigenvalue weighted by Crippen LogP contribution is 2.15. The zero-order valence-electron chi connectivity index (χ0n) is 30.5. The highest BCUT2D eigenvalue weighted by Gasteiger charge is 2.13. The summed E-state index contributed by atoms with van der Waals surface area (Å²) in [6.07, 6.45) is 48.8. The van der Waals surface area contributed by atoms with E-state index >= 15 is 0 Å². The lowest BCUT2D eigenvalue weighted by Gasteiger charge is -2.20. The predicted octanol–water partition coefficient (Wildman–Crippen LogP) is 13.3. The molecule has 4 nitrogen and oxygen atoms in total. The largest absolute Gasteiger partial charge is 0.469 e. The molecule has 0 amide bonds. The molecule has 0 aromatic carbocycles. The number of esters is 1. The Morgan fingerprint density at radius 2 is 0.956 bits per heavy atom. The van der Waals surface area contributed by atoms with Crippen molar-refractivity contribution in [2.75, 3.05) is 7.11 Å². The van der Waals surface area contributed by atoms with E-state index in [2.05, 4.69) is 55.5 Å². The van der Waals surface area contributed by atoms with Gasteiger partial charge in [-0.05, 0) is 85.0 Å². The standard InChI is InChI=1S/C41H74O4/c1-6-7-8-9-10-11-12-13-14-15-16-17-18-19-20-21-22-23-24-25-27-30-33-36-39(44-45-41(2,3)4)37-34-31-28-26-29-32-35-38-40(42)43-5/h10-11,13-14,33-34,36-37,39H,6-9,12,15-32,35,38H2,1-5H3/b11-10-,14-13-,36-33-,37-34-. The summed E-state index contributed by atoms with van der Waals surface area (Å²) in [5, 5.41) is 0. The molecule has 0 aromatic heterocycles. The summed E-state index contributed by atoms with van der Waals surface area (Å²) in [4.78, 5) is 22.5. The van der Waals surface area contributed by atoms with Gasteiger partial charge in [0.05, 0.1) is 12.7 Å². The van der Waals surface area contributed by atoms with Crippen LogP contribution in [0.4, 0.5) is 0 Å². The molecule has 262 valence electrons. The van der Waals surface area contributed by atoms with Crippen molar-refractivity contribution in [1.29, 1.82) is 0 Å². The van der Waals surface area contributed by atoms with Gasteiger partial charge in [0.25, 0.3) is 0 Å². The summed E-state index contributed by atoms with van der Waals surface area (Å²) in [6, 6.07) is 0. The highest BCUT2D eigenvalue weighted by molar-refractivity contribution is 5.68. The molecule has 0 aromatic rings. The van der Waals surface area contributed by atoms with Crippen LogP contribution in [0.25, 0.3) is 0 Å². The van der Waals surface area contributed by atoms with Crippen LogP contribution in [0.5, 0.6) is 0 Å². The first-order valence-electron chi connectivity index (χ1n) is 18.9. The second-order valence-corrected chi connectivity index (χ2v) is 13.6. The number of ether oxygens (including phenoxy) is 1. The number of allylic oxidation sites excluding steroid dienone is 6. The van der Waals surface area contributed by atoms with Crippen LogP contribution in [-0.2, 0) is 19.3 Å². The summed E-state index contributed by atoms with van der Waals surface area (Å²) < 4.78 is 4.69. The van der Waals surface area contributed by atoms with Gasteiger partial charge in [0.2, 0.25) is 0 Å². The Morgan fingerprint density at radius 1 is 0.556 bits per heavy atom. The second-order valence-electron chi connectivity index (χ2n) is 13.6. The number of carbonyl (C=O) groups is 1. The van der Waals surface area contributed by atoms with Gasteiger partial charge in [0.15, 0.2) is 0 Å². The lowest BCUT2D eigenvalue weighted by Crippen LogP contribution is -2.22. The van der Waals surface area contributed by atoms with Crippen molar-refractivity contribution in [2.24, 2.45) is 0 Å². The molecule has 1 atom stereocenters. The Morgan fingerprint density at radius 3 is 1.38 bits per heavy atom. The molecule has 0 spiro atoms. The van der Waals surface area contributed by atoms with E-state index in [0.717, 1.165) is 44.9 Å². The summed E-state index contributed by atoms with van der Waals surface area (Å²) in [5.74, 6) is -0.104. The summed E-state index contributed by atoms with van der Waals surface area (Å²) in [7, 11) is 1.45. The van der Waals surface area contributed by atoms with E-state index in [0.29, 0.717) is 6.42 Å². The van der Waals surface area contributed by atoms with Crippen LogP contribution >= 0.6 is 0 Å². The topological polar surface area (TPSA) is 44.8 Å². The maximum absolute atomic E-state index is 11.2. The molecule has 0 heterocycles. The van der Waals surface area contributed by atoms with E-state index in [4.69, 9.17) is 14.5 Å². The minimum Gasteiger partial charge on any atom is -0.469 e. The first kappa shape index (κ1) is 43.4. The van der Waals surface area contributed by atoms with Gasteiger partial charge >= 0.3 is 5.97 Å². The van der Waals surface area contributed by atoms with Crippen LogP contribution < -0.4 is 0 Å². The van der Waals surface area contributed by atoms with E-state index < -0.39 is 0 Å². The maximum atomic E-state index is 11.2. The fourth-order valence-electron chi connectivity index (χ4n) is 5.09. The Bertz CT molecular complexity index is 743. The smallest absolute Gasteiger partial charge is 0.305 e. The first-order valence-corrected chi connectivity index (χ1v) is 18.9. The molecule has 0 aliphatic heterocycles. The fourth-order valence-corrected chi connectivity index (χ4v) is 5.09. The zero-order chi connectivity index (χ0) is 33.1. The SMILES string of the molecule is CCCCC/C=C\C/C=C\CCCCCCCCCCCCC/C=C\C(/C=C\CCCCCCCC(=O)OC)OOC(C)(C)C. The van der Waals surface area contributed by atoms with Gasteiger partial charge in [-0.15, -0.1) is 0 Å². The van der Waals surface area contributed by atoms with Crippen LogP contribution in [0.15, 0.2) is 48.6 Å². The van der Waals surface area contributed by atoms with Crippen molar-refractivity contribution in [3.05, 3.63) is 48.6 Å². The average Bonchev–Trinajstić information content (AvgIpc) is 3.02. The van der Waals surface area contributed by atoms with Crippen LogP contribution in [-0.4, -0.2) is 24.8 Å². The Labute approximate surface area is 280 Å². The molecule has 0 bridgehead atoms. The van der Waals surface area contributed by atoms with Gasteiger partial charge in [-0.3, -0.25) is 4.79 Å². The van der Waals surface area contributed by atoms with Crippen LogP contribution in [0, 0.1) is 0 Å². The Balaban J connectivity index is 3.77. The van der Waals surface area contributed by atoms with E-state index in [1.807, 2.05) is 20.8 Å². The van der Waals surface area contributed by atoms with Crippen LogP contribution in [0.2, 0.25) is 0 Å². The first-order chi connectivity index (χ1) is 21.9.